The molecule has 1 aromatic heterocycles. The van der Waals surface area contributed by atoms with Crippen LogP contribution >= 0.6 is 23.1 Å². The number of thiazole rings is 1. The maximum Gasteiger partial charge on any atom is 0.272 e. The molecule has 0 aliphatic heterocycles. The van der Waals surface area contributed by atoms with Gasteiger partial charge in [0.25, 0.3) is 11.8 Å². The summed E-state index contributed by atoms with van der Waals surface area (Å²) in [5.41, 5.74) is 1.47. The Morgan fingerprint density at radius 3 is 2.38 bits per heavy atom. The van der Waals surface area contributed by atoms with Crippen molar-refractivity contribution in [2.45, 2.75) is 4.90 Å². The van der Waals surface area contributed by atoms with Crippen molar-refractivity contribution in [3.63, 3.8) is 0 Å². The molecular weight excluding hydrogens is 548 g/mol. The summed E-state index contributed by atoms with van der Waals surface area (Å²) in [6.45, 7) is 0. The topological polar surface area (TPSA) is 119 Å². The largest absolute Gasteiger partial charge is 0.493 e. The zero-order valence-electron chi connectivity index (χ0n) is 21.7. The number of hydrogen-bond donors (Lipinski definition) is 3. The van der Waals surface area contributed by atoms with Gasteiger partial charge in [-0.05, 0) is 48.5 Å². The second-order valence-electron chi connectivity index (χ2n) is 8.11. The fourth-order valence-corrected chi connectivity index (χ4v) is 4.79. The monoisotopic (exact) mass is 574 g/mol. The van der Waals surface area contributed by atoms with Crippen molar-refractivity contribution in [1.29, 1.82) is 0 Å². The number of carbonyl (C=O) groups is 3. The van der Waals surface area contributed by atoms with Gasteiger partial charge in [-0.1, -0.05) is 30.3 Å². The van der Waals surface area contributed by atoms with E-state index in [0.717, 1.165) is 4.90 Å². The molecule has 3 N–H and O–H groups in total. The van der Waals surface area contributed by atoms with Gasteiger partial charge in [0.15, 0.2) is 16.6 Å². The number of rotatable bonds is 11. The first kappa shape index (κ1) is 28.4. The number of nitrogens with one attached hydrogen (secondary N) is 3. The van der Waals surface area contributed by atoms with E-state index in [1.54, 1.807) is 84.4 Å². The highest BCUT2D eigenvalue weighted by molar-refractivity contribution is 8.00. The van der Waals surface area contributed by atoms with Gasteiger partial charge in [0.05, 0.1) is 20.0 Å². The molecule has 4 aromatic rings. The lowest BCUT2D eigenvalue weighted by Crippen LogP contribution is -2.30. The van der Waals surface area contributed by atoms with E-state index in [1.807, 2.05) is 0 Å². The Morgan fingerprint density at radius 2 is 1.70 bits per heavy atom. The first-order chi connectivity index (χ1) is 19.5. The van der Waals surface area contributed by atoms with E-state index in [9.17, 15) is 14.4 Å². The first-order valence-corrected chi connectivity index (χ1v) is 13.9. The van der Waals surface area contributed by atoms with Crippen LogP contribution in [0.4, 0.5) is 10.8 Å². The summed E-state index contributed by atoms with van der Waals surface area (Å²) < 4.78 is 10.9. The number of benzene rings is 3. The summed E-state index contributed by atoms with van der Waals surface area (Å²) in [7, 11) is 3.02. The van der Waals surface area contributed by atoms with E-state index in [4.69, 9.17) is 9.47 Å². The SMILES string of the molecule is COc1cccc(/C=C(\NC(=O)c2ccccc2)C(=O)Nc2ccc(SCC(=O)Nc3nccs3)cc2)c1OC. The van der Waals surface area contributed by atoms with Crippen molar-refractivity contribution < 1.29 is 23.9 Å². The van der Waals surface area contributed by atoms with Crippen molar-refractivity contribution in [1.82, 2.24) is 10.3 Å². The summed E-state index contributed by atoms with van der Waals surface area (Å²) in [5, 5.41) is 10.6. The van der Waals surface area contributed by atoms with Gasteiger partial charge in [0.2, 0.25) is 5.91 Å². The third-order valence-electron chi connectivity index (χ3n) is 5.42. The maximum atomic E-state index is 13.4. The summed E-state index contributed by atoms with van der Waals surface area (Å²) in [6.07, 6.45) is 3.16. The molecule has 0 bridgehead atoms. The molecule has 204 valence electrons. The zero-order valence-corrected chi connectivity index (χ0v) is 23.3. The number of thioether (sulfide) groups is 1. The van der Waals surface area contributed by atoms with E-state index in [-0.39, 0.29) is 17.4 Å². The number of carbonyl (C=O) groups excluding carboxylic acids is 3. The molecular formula is C29H26N4O5S2. The highest BCUT2D eigenvalue weighted by Gasteiger charge is 2.17. The average molecular weight is 575 g/mol. The lowest BCUT2D eigenvalue weighted by Gasteiger charge is -2.14. The smallest absolute Gasteiger partial charge is 0.272 e. The molecule has 0 unspecified atom stereocenters. The average Bonchev–Trinajstić information content (AvgIpc) is 3.49. The van der Waals surface area contributed by atoms with Crippen molar-refractivity contribution in [3.05, 3.63) is 101 Å². The number of nitrogens with zero attached hydrogens (tertiary/aromatic N) is 1. The van der Waals surface area contributed by atoms with Crippen LogP contribution in [0.2, 0.25) is 0 Å². The molecule has 11 heteroatoms. The van der Waals surface area contributed by atoms with Gasteiger partial charge in [-0.2, -0.15) is 0 Å². The van der Waals surface area contributed by atoms with Crippen molar-refractivity contribution >= 4 is 57.7 Å². The molecule has 0 saturated heterocycles. The van der Waals surface area contributed by atoms with Crippen molar-refractivity contribution in [3.8, 4) is 11.5 Å². The minimum atomic E-state index is -0.530. The van der Waals surface area contributed by atoms with E-state index in [2.05, 4.69) is 20.9 Å². The minimum absolute atomic E-state index is 0.0118. The molecule has 4 rings (SSSR count). The van der Waals surface area contributed by atoms with E-state index < -0.39 is 11.8 Å². The van der Waals surface area contributed by atoms with E-state index >= 15 is 0 Å². The molecule has 0 spiro atoms. The predicted octanol–water partition coefficient (Wildman–Crippen LogP) is 5.30. The summed E-state index contributed by atoms with van der Waals surface area (Å²) in [6, 6.07) is 20.9. The van der Waals surface area contributed by atoms with Crippen LogP contribution in [0.5, 0.6) is 11.5 Å². The molecule has 9 nitrogen and oxygen atoms in total. The predicted molar refractivity (Wildman–Crippen MR) is 158 cm³/mol. The lowest BCUT2D eigenvalue weighted by atomic mass is 10.1. The molecule has 0 fully saturated rings. The van der Waals surface area contributed by atoms with Crippen LogP contribution in [-0.4, -0.2) is 42.7 Å². The molecule has 40 heavy (non-hydrogen) atoms. The molecule has 3 amide bonds. The lowest BCUT2D eigenvalue weighted by molar-refractivity contribution is -0.114. The highest BCUT2D eigenvalue weighted by Crippen LogP contribution is 2.32. The Labute approximate surface area is 239 Å². The Hall–Kier alpha value is -4.61. The molecule has 0 aliphatic carbocycles. The van der Waals surface area contributed by atoms with Crippen LogP contribution in [0.25, 0.3) is 6.08 Å². The van der Waals surface area contributed by atoms with Crippen LogP contribution < -0.4 is 25.4 Å². The molecule has 0 saturated carbocycles. The number of ether oxygens (including phenoxy) is 2. The van der Waals surface area contributed by atoms with Crippen LogP contribution in [0.15, 0.2) is 95.0 Å². The second-order valence-corrected chi connectivity index (χ2v) is 10.1. The second kappa shape index (κ2) is 14.0. The molecule has 1 heterocycles. The Balaban J connectivity index is 1.49. The summed E-state index contributed by atoms with van der Waals surface area (Å²) in [4.78, 5) is 43.3. The first-order valence-electron chi connectivity index (χ1n) is 12.0. The Kier molecular flexibility index (Phi) is 9.92. The normalized spacial score (nSPS) is 10.9. The number of methoxy groups -OCH3 is 2. The quantitative estimate of drug-likeness (QED) is 0.164. The molecule has 0 aliphatic rings. The van der Waals surface area contributed by atoms with Gasteiger partial charge in [-0.25, -0.2) is 4.98 Å². The van der Waals surface area contributed by atoms with Crippen molar-refractivity contribution in [2.75, 3.05) is 30.6 Å². The minimum Gasteiger partial charge on any atom is -0.493 e. The molecule has 3 aromatic carbocycles. The van der Waals surface area contributed by atoms with Gasteiger partial charge in [0.1, 0.15) is 5.70 Å². The van der Waals surface area contributed by atoms with Gasteiger partial charge in [-0.15, -0.1) is 23.1 Å². The third kappa shape index (κ3) is 7.71. The van der Waals surface area contributed by atoms with E-state index in [0.29, 0.717) is 33.4 Å². The number of hydrogen-bond acceptors (Lipinski definition) is 8. The standard InChI is InChI=1S/C29H26N4O5S2/c1-37-24-10-6-9-20(26(24)38-2)17-23(32-27(35)19-7-4-3-5-8-19)28(36)31-21-11-13-22(14-12-21)40-18-25(34)33-29-30-15-16-39-29/h3-17H,18H2,1-2H3,(H,31,36)(H,32,35)(H,30,33,34)/b23-17-. The van der Waals surface area contributed by atoms with Gasteiger partial charge in [0, 0.05) is 33.3 Å². The van der Waals surface area contributed by atoms with Crippen LogP contribution in [0.1, 0.15) is 15.9 Å². The number of anilines is 2. The number of aromatic nitrogens is 1. The summed E-state index contributed by atoms with van der Waals surface area (Å²) in [5.74, 6) is -0.00639. The van der Waals surface area contributed by atoms with E-state index in [1.165, 1.54) is 43.4 Å². The fraction of sp³-hybridized carbons (Fsp3) is 0.103. The maximum absolute atomic E-state index is 13.4. The van der Waals surface area contributed by atoms with Gasteiger partial charge < -0.3 is 25.4 Å². The number of amides is 3. The van der Waals surface area contributed by atoms with Crippen LogP contribution in [0.3, 0.4) is 0 Å². The highest BCUT2D eigenvalue weighted by atomic mass is 32.2. The van der Waals surface area contributed by atoms with Gasteiger partial charge >= 0.3 is 0 Å². The van der Waals surface area contributed by atoms with Crippen LogP contribution in [0, 0.1) is 0 Å². The summed E-state index contributed by atoms with van der Waals surface area (Å²) >= 11 is 2.71. The number of para-hydroxylation sites is 1. The Bertz CT molecular complexity index is 1490. The molecule has 0 atom stereocenters. The molecule has 0 radical (unpaired) electrons. The zero-order chi connectivity index (χ0) is 28.3. The van der Waals surface area contributed by atoms with Crippen molar-refractivity contribution in [2.24, 2.45) is 0 Å². The van der Waals surface area contributed by atoms with Gasteiger partial charge in [-0.3, -0.25) is 14.4 Å². The fourth-order valence-electron chi connectivity index (χ4n) is 3.55. The third-order valence-corrected chi connectivity index (χ3v) is 7.12. The Morgan fingerprint density at radius 1 is 0.925 bits per heavy atom. The van der Waals surface area contributed by atoms with Crippen LogP contribution in [-0.2, 0) is 9.59 Å².